The largest absolute Gasteiger partial charge is 0.493 e. The van der Waals surface area contributed by atoms with Crippen molar-refractivity contribution in [3.63, 3.8) is 0 Å². The van der Waals surface area contributed by atoms with Gasteiger partial charge in [0.05, 0.1) is 25.7 Å². The summed E-state index contributed by atoms with van der Waals surface area (Å²) in [6, 6.07) is 14.1. The number of ether oxygens (including phenoxy) is 3. The van der Waals surface area contributed by atoms with Gasteiger partial charge >= 0.3 is 0 Å². The molecule has 156 valence electrons. The van der Waals surface area contributed by atoms with E-state index in [0.717, 1.165) is 5.56 Å². The van der Waals surface area contributed by atoms with Crippen molar-refractivity contribution in [1.82, 2.24) is 4.90 Å². The molecule has 1 heterocycles. The number of carbonyl (C=O) groups excluding carboxylic acids is 1. The van der Waals surface area contributed by atoms with Crippen molar-refractivity contribution in [2.45, 2.75) is 19.0 Å². The van der Waals surface area contributed by atoms with Gasteiger partial charge in [-0.2, -0.15) is 0 Å². The number of amides is 1. The summed E-state index contributed by atoms with van der Waals surface area (Å²) >= 11 is 0. The summed E-state index contributed by atoms with van der Waals surface area (Å²) in [5, 5.41) is 0. The van der Waals surface area contributed by atoms with Crippen molar-refractivity contribution in [1.29, 1.82) is 0 Å². The second-order valence-electron chi connectivity index (χ2n) is 6.87. The first kappa shape index (κ1) is 21.0. The highest BCUT2D eigenvalue weighted by molar-refractivity contribution is 7.91. The van der Waals surface area contributed by atoms with Gasteiger partial charge in [-0.05, 0) is 36.2 Å². The van der Waals surface area contributed by atoms with E-state index in [0.29, 0.717) is 23.7 Å². The number of hydrogen-bond acceptors (Lipinski definition) is 6. The number of benzene rings is 2. The number of carbonyl (C=O) groups is 1. The molecule has 1 aliphatic rings. The van der Waals surface area contributed by atoms with Crippen LogP contribution in [0.5, 0.6) is 17.2 Å². The minimum atomic E-state index is -3.14. The Morgan fingerprint density at radius 3 is 2.41 bits per heavy atom. The van der Waals surface area contributed by atoms with Gasteiger partial charge in [0.2, 0.25) is 0 Å². The van der Waals surface area contributed by atoms with Crippen LogP contribution in [-0.2, 0) is 21.2 Å². The summed E-state index contributed by atoms with van der Waals surface area (Å²) < 4.78 is 40.1. The average Bonchev–Trinajstić information content (AvgIpc) is 3.10. The highest BCUT2D eigenvalue weighted by Crippen LogP contribution is 2.29. The molecule has 0 N–H and O–H groups in total. The Balaban J connectivity index is 1.78. The lowest BCUT2D eigenvalue weighted by Gasteiger charge is -2.28. The van der Waals surface area contributed by atoms with Gasteiger partial charge in [-0.25, -0.2) is 8.42 Å². The van der Waals surface area contributed by atoms with Crippen LogP contribution in [0.3, 0.4) is 0 Å². The summed E-state index contributed by atoms with van der Waals surface area (Å²) in [5.74, 6) is 1.53. The SMILES string of the molecule is COc1ccc(CN(C(=O)COc2ccccc2)C2CCS(=O)(=O)C2)cc1OC. The van der Waals surface area contributed by atoms with Gasteiger partial charge in [-0.3, -0.25) is 4.79 Å². The molecular weight excluding hydrogens is 394 g/mol. The van der Waals surface area contributed by atoms with Gasteiger partial charge in [-0.15, -0.1) is 0 Å². The van der Waals surface area contributed by atoms with Crippen LogP contribution < -0.4 is 14.2 Å². The van der Waals surface area contributed by atoms with Gasteiger partial charge in [0.15, 0.2) is 27.9 Å². The minimum absolute atomic E-state index is 0.0304. The molecule has 2 aromatic rings. The Bertz CT molecular complexity index is 945. The molecule has 0 radical (unpaired) electrons. The van der Waals surface area contributed by atoms with Crippen LogP contribution in [0, 0.1) is 0 Å². The molecule has 1 amide bonds. The Morgan fingerprint density at radius 2 is 1.79 bits per heavy atom. The smallest absolute Gasteiger partial charge is 0.261 e. The molecule has 1 fully saturated rings. The third-order valence-corrected chi connectivity index (χ3v) is 6.63. The van der Waals surface area contributed by atoms with E-state index in [9.17, 15) is 13.2 Å². The van der Waals surface area contributed by atoms with E-state index < -0.39 is 9.84 Å². The maximum absolute atomic E-state index is 12.9. The second kappa shape index (κ2) is 9.17. The summed E-state index contributed by atoms with van der Waals surface area (Å²) in [4.78, 5) is 14.5. The van der Waals surface area contributed by atoms with E-state index in [1.807, 2.05) is 24.3 Å². The third-order valence-electron chi connectivity index (χ3n) is 4.88. The fourth-order valence-corrected chi connectivity index (χ4v) is 5.09. The number of hydrogen-bond donors (Lipinski definition) is 0. The van der Waals surface area contributed by atoms with Crippen molar-refractivity contribution < 1.29 is 27.4 Å². The van der Waals surface area contributed by atoms with E-state index in [1.165, 1.54) is 0 Å². The Hall–Kier alpha value is -2.74. The molecule has 2 aromatic carbocycles. The minimum Gasteiger partial charge on any atom is -0.493 e. The fourth-order valence-electron chi connectivity index (χ4n) is 3.36. The van der Waals surface area contributed by atoms with Gasteiger partial charge in [0, 0.05) is 12.6 Å². The highest BCUT2D eigenvalue weighted by Gasteiger charge is 2.35. The lowest BCUT2D eigenvalue weighted by Crippen LogP contribution is -2.43. The standard InChI is InChI=1S/C21H25NO6S/c1-26-19-9-8-16(12-20(19)27-2)13-22(17-10-11-29(24,25)15-17)21(23)14-28-18-6-4-3-5-7-18/h3-9,12,17H,10-11,13-15H2,1-2H3. The first-order chi connectivity index (χ1) is 13.9. The first-order valence-corrected chi connectivity index (χ1v) is 11.1. The Labute approximate surface area is 171 Å². The van der Waals surface area contributed by atoms with Crippen molar-refractivity contribution in [3.05, 3.63) is 54.1 Å². The number of methoxy groups -OCH3 is 2. The fraction of sp³-hybridized carbons (Fsp3) is 0.381. The quantitative estimate of drug-likeness (QED) is 0.653. The lowest BCUT2D eigenvalue weighted by molar-refractivity contribution is -0.136. The Kier molecular flexibility index (Phi) is 6.64. The molecule has 0 aromatic heterocycles. The van der Waals surface area contributed by atoms with Crippen molar-refractivity contribution >= 4 is 15.7 Å². The van der Waals surface area contributed by atoms with E-state index >= 15 is 0 Å². The molecule has 7 nitrogen and oxygen atoms in total. The van der Waals surface area contributed by atoms with Crippen LogP contribution >= 0.6 is 0 Å². The van der Waals surface area contributed by atoms with Crippen molar-refractivity contribution in [2.24, 2.45) is 0 Å². The number of rotatable bonds is 8. The maximum atomic E-state index is 12.9. The first-order valence-electron chi connectivity index (χ1n) is 9.30. The van der Waals surface area contributed by atoms with Crippen molar-refractivity contribution in [2.75, 3.05) is 32.3 Å². The van der Waals surface area contributed by atoms with Crippen LogP contribution in [0.2, 0.25) is 0 Å². The van der Waals surface area contributed by atoms with Gasteiger partial charge in [0.25, 0.3) is 5.91 Å². The predicted molar refractivity (Wildman–Crippen MR) is 109 cm³/mol. The van der Waals surface area contributed by atoms with E-state index in [1.54, 1.807) is 43.4 Å². The maximum Gasteiger partial charge on any atom is 0.261 e. The van der Waals surface area contributed by atoms with Gasteiger partial charge in [-0.1, -0.05) is 24.3 Å². The zero-order valence-electron chi connectivity index (χ0n) is 16.5. The second-order valence-corrected chi connectivity index (χ2v) is 9.10. The molecular formula is C21H25NO6S. The molecule has 1 saturated heterocycles. The van der Waals surface area contributed by atoms with Crippen LogP contribution in [0.1, 0.15) is 12.0 Å². The van der Waals surface area contributed by atoms with Gasteiger partial charge in [0.1, 0.15) is 5.75 Å². The monoisotopic (exact) mass is 419 g/mol. The molecule has 1 atom stereocenters. The van der Waals surface area contributed by atoms with Crippen molar-refractivity contribution in [3.8, 4) is 17.2 Å². The average molecular weight is 419 g/mol. The zero-order valence-corrected chi connectivity index (χ0v) is 17.4. The molecule has 29 heavy (non-hydrogen) atoms. The highest BCUT2D eigenvalue weighted by atomic mass is 32.2. The summed E-state index contributed by atoms with van der Waals surface area (Å²) in [6.45, 7) is 0.103. The number of nitrogens with zero attached hydrogens (tertiary/aromatic N) is 1. The molecule has 1 unspecified atom stereocenters. The molecule has 1 aliphatic heterocycles. The zero-order chi connectivity index (χ0) is 20.9. The molecule has 0 spiro atoms. The molecule has 0 bridgehead atoms. The third kappa shape index (κ3) is 5.41. The van der Waals surface area contributed by atoms with E-state index in [-0.39, 0.29) is 36.6 Å². The lowest BCUT2D eigenvalue weighted by atomic mass is 10.1. The van der Waals surface area contributed by atoms with E-state index in [2.05, 4.69) is 0 Å². The molecule has 3 rings (SSSR count). The molecule has 8 heteroatoms. The van der Waals surface area contributed by atoms with Crippen LogP contribution in [0.4, 0.5) is 0 Å². The summed E-state index contributed by atoms with van der Waals surface area (Å²) in [5.41, 5.74) is 0.819. The Morgan fingerprint density at radius 1 is 1.07 bits per heavy atom. The number of sulfone groups is 1. The molecule has 0 aliphatic carbocycles. The van der Waals surface area contributed by atoms with Crippen LogP contribution in [0.25, 0.3) is 0 Å². The van der Waals surface area contributed by atoms with Crippen LogP contribution in [0.15, 0.2) is 48.5 Å². The van der Waals surface area contributed by atoms with Gasteiger partial charge < -0.3 is 19.1 Å². The summed E-state index contributed by atoms with van der Waals surface area (Å²) in [6.07, 6.45) is 0.423. The predicted octanol–water partition coefficient (Wildman–Crippen LogP) is 2.30. The normalized spacial score (nSPS) is 17.5. The summed E-state index contributed by atoms with van der Waals surface area (Å²) in [7, 11) is -0.0396. The number of para-hydroxylation sites is 1. The van der Waals surface area contributed by atoms with E-state index in [4.69, 9.17) is 14.2 Å². The molecule has 0 saturated carbocycles. The van der Waals surface area contributed by atoms with Crippen LogP contribution in [-0.4, -0.2) is 57.6 Å². The topological polar surface area (TPSA) is 82.1 Å².